The van der Waals surface area contributed by atoms with E-state index in [1.54, 1.807) is 30.1 Å². The molecule has 0 bridgehead atoms. The zero-order chi connectivity index (χ0) is 23.8. The van der Waals surface area contributed by atoms with Gasteiger partial charge >= 0.3 is 5.97 Å². The topological polar surface area (TPSA) is 139 Å². The number of carboxylic acid groups (broad SMARTS) is 1. The lowest BCUT2D eigenvalue weighted by atomic mass is 9.79. The molecular weight excluding hydrogens is 436 g/mol. The van der Waals surface area contributed by atoms with Gasteiger partial charge in [-0.2, -0.15) is 5.10 Å². The second-order valence-electron chi connectivity index (χ2n) is 9.01. The SMILES string of the molecule is CC1CCC(C(NC(=O)c2ccnn2C)c2nc3nc(-c4cocc4C(=O)O)ccc3[nH]2)CC1. The third-order valence-corrected chi connectivity index (χ3v) is 6.70. The summed E-state index contributed by atoms with van der Waals surface area (Å²) >= 11 is 0. The maximum atomic E-state index is 13.0. The number of carboxylic acids is 1. The van der Waals surface area contributed by atoms with E-state index in [9.17, 15) is 14.7 Å². The predicted octanol–water partition coefficient (Wildman–Crippen LogP) is 3.95. The molecule has 1 amide bonds. The van der Waals surface area contributed by atoms with Crippen molar-refractivity contribution in [1.82, 2.24) is 30.0 Å². The summed E-state index contributed by atoms with van der Waals surface area (Å²) in [7, 11) is 1.74. The Kier molecular flexibility index (Phi) is 5.64. The lowest BCUT2D eigenvalue weighted by Crippen LogP contribution is -2.36. The Balaban J connectivity index is 1.49. The maximum Gasteiger partial charge on any atom is 0.339 e. The zero-order valence-electron chi connectivity index (χ0n) is 19.0. The minimum absolute atomic E-state index is 0.0419. The van der Waals surface area contributed by atoms with Crippen LogP contribution in [-0.2, 0) is 7.05 Å². The van der Waals surface area contributed by atoms with Crippen LogP contribution in [0.5, 0.6) is 0 Å². The number of fused-ring (bicyclic) bond motifs is 1. The first-order valence-corrected chi connectivity index (χ1v) is 11.4. The van der Waals surface area contributed by atoms with Gasteiger partial charge in [-0.15, -0.1) is 0 Å². The Hall–Kier alpha value is -3.95. The van der Waals surface area contributed by atoms with E-state index in [2.05, 4.69) is 27.3 Å². The Morgan fingerprint density at radius 1 is 1.18 bits per heavy atom. The first-order chi connectivity index (χ1) is 16.4. The number of carbonyl (C=O) groups excluding carboxylic acids is 1. The van der Waals surface area contributed by atoms with Crippen LogP contribution in [0, 0.1) is 11.8 Å². The summed E-state index contributed by atoms with van der Waals surface area (Å²) in [6, 6.07) is 4.92. The molecule has 1 unspecified atom stereocenters. The fraction of sp³-hybridized carbons (Fsp3) is 0.375. The van der Waals surface area contributed by atoms with Crippen molar-refractivity contribution >= 4 is 23.0 Å². The molecule has 4 heterocycles. The van der Waals surface area contributed by atoms with E-state index >= 15 is 0 Å². The van der Waals surface area contributed by atoms with E-state index in [4.69, 9.17) is 9.40 Å². The van der Waals surface area contributed by atoms with Crippen LogP contribution in [0.4, 0.5) is 0 Å². The number of imidazole rings is 1. The van der Waals surface area contributed by atoms with Crippen LogP contribution in [0.1, 0.15) is 65.3 Å². The van der Waals surface area contributed by atoms with E-state index < -0.39 is 5.97 Å². The van der Waals surface area contributed by atoms with E-state index in [1.807, 2.05) is 6.07 Å². The summed E-state index contributed by atoms with van der Waals surface area (Å²) in [5, 5.41) is 16.7. The number of nitrogens with one attached hydrogen (secondary N) is 2. The van der Waals surface area contributed by atoms with Crippen molar-refractivity contribution in [3.05, 3.63) is 54.0 Å². The standard InChI is InChI=1S/C24H26N6O4/c1-13-3-5-14(6-4-13)20(28-23(31)19-9-10-25-30(19)2)22-27-18-8-7-17(26-21(18)29-22)15-11-34-12-16(15)24(32)33/h7-14,20H,3-6H2,1-2H3,(H,28,31)(H,32,33)(H,26,27,29). The molecule has 4 aromatic heterocycles. The number of aromatic nitrogens is 5. The first-order valence-electron chi connectivity index (χ1n) is 11.4. The largest absolute Gasteiger partial charge is 0.478 e. The van der Waals surface area contributed by atoms with Gasteiger partial charge in [0.2, 0.25) is 0 Å². The minimum atomic E-state index is -1.09. The molecule has 34 heavy (non-hydrogen) atoms. The van der Waals surface area contributed by atoms with E-state index in [0.29, 0.717) is 39.9 Å². The normalized spacial score (nSPS) is 19.2. The summed E-state index contributed by atoms with van der Waals surface area (Å²) in [6.45, 7) is 2.26. The Morgan fingerprint density at radius 3 is 2.68 bits per heavy atom. The van der Waals surface area contributed by atoms with E-state index in [-0.39, 0.29) is 23.4 Å². The number of amides is 1. The fourth-order valence-electron chi connectivity index (χ4n) is 4.71. The van der Waals surface area contributed by atoms with Gasteiger partial charge in [-0.25, -0.2) is 14.8 Å². The molecule has 0 radical (unpaired) electrons. The molecule has 1 aliphatic carbocycles. The second kappa shape index (κ2) is 8.77. The number of furan rings is 1. The Bertz CT molecular complexity index is 1340. The number of carbonyl (C=O) groups is 2. The number of hydrogen-bond acceptors (Lipinski definition) is 6. The van der Waals surface area contributed by atoms with Crippen molar-refractivity contribution in [2.75, 3.05) is 0 Å². The van der Waals surface area contributed by atoms with Gasteiger partial charge in [-0.05, 0) is 42.9 Å². The number of hydrogen-bond donors (Lipinski definition) is 3. The van der Waals surface area contributed by atoms with Crippen LogP contribution in [0.2, 0.25) is 0 Å². The average Bonchev–Trinajstić information content (AvgIpc) is 3.56. The molecule has 1 atom stereocenters. The average molecular weight is 463 g/mol. The number of aromatic amines is 1. The van der Waals surface area contributed by atoms with Crippen LogP contribution < -0.4 is 5.32 Å². The monoisotopic (exact) mass is 462 g/mol. The van der Waals surface area contributed by atoms with E-state index in [1.165, 1.54) is 12.5 Å². The summed E-state index contributed by atoms with van der Waals surface area (Å²) in [6.07, 6.45) is 8.33. The Morgan fingerprint density at radius 2 is 1.97 bits per heavy atom. The predicted molar refractivity (Wildman–Crippen MR) is 123 cm³/mol. The van der Waals surface area contributed by atoms with Crippen molar-refractivity contribution in [2.24, 2.45) is 18.9 Å². The highest BCUT2D eigenvalue weighted by atomic mass is 16.4. The van der Waals surface area contributed by atoms with Gasteiger partial charge < -0.3 is 19.8 Å². The van der Waals surface area contributed by atoms with Gasteiger partial charge in [-0.3, -0.25) is 9.48 Å². The first kappa shape index (κ1) is 21.9. The lowest BCUT2D eigenvalue weighted by molar-refractivity contribution is 0.0696. The molecule has 1 saturated carbocycles. The molecule has 10 heteroatoms. The van der Waals surface area contributed by atoms with Gasteiger partial charge in [0.15, 0.2) is 5.65 Å². The molecule has 1 fully saturated rings. The number of aryl methyl sites for hydroxylation is 1. The van der Waals surface area contributed by atoms with Gasteiger partial charge in [0.1, 0.15) is 29.6 Å². The third kappa shape index (κ3) is 4.07. The molecule has 0 aromatic carbocycles. The summed E-state index contributed by atoms with van der Waals surface area (Å²) in [5.74, 6) is 0.254. The number of aromatic carboxylic acids is 1. The molecular formula is C24H26N6O4. The summed E-state index contributed by atoms with van der Waals surface area (Å²) in [5.41, 5.74) is 2.53. The van der Waals surface area contributed by atoms with Gasteiger partial charge in [-0.1, -0.05) is 19.8 Å². The molecule has 1 aliphatic rings. The van der Waals surface area contributed by atoms with E-state index in [0.717, 1.165) is 25.7 Å². The molecule has 5 rings (SSSR count). The van der Waals surface area contributed by atoms with Crippen molar-refractivity contribution in [1.29, 1.82) is 0 Å². The van der Waals surface area contributed by atoms with Gasteiger partial charge in [0.25, 0.3) is 5.91 Å². The van der Waals surface area contributed by atoms with Crippen LogP contribution in [0.3, 0.4) is 0 Å². The van der Waals surface area contributed by atoms with Crippen LogP contribution in [0.15, 0.2) is 41.3 Å². The van der Waals surface area contributed by atoms with Crippen LogP contribution in [-0.4, -0.2) is 41.7 Å². The number of pyridine rings is 1. The Labute approximate surface area is 195 Å². The molecule has 0 spiro atoms. The second-order valence-corrected chi connectivity index (χ2v) is 9.01. The number of H-pyrrole nitrogens is 1. The number of nitrogens with zero attached hydrogens (tertiary/aromatic N) is 4. The van der Waals surface area contributed by atoms with Gasteiger partial charge in [0, 0.05) is 13.2 Å². The summed E-state index contributed by atoms with van der Waals surface area (Å²) in [4.78, 5) is 37.2. The maximum absolute atomic E-state index is 13.0. The smallest absolute Gasteiger partial charge is 0.339 e. The van der Waals surface area contributed by atoms with Crippen LogP contribution >= 0.6 is 0 Å². The molecule has 3 N–H and O–H groups in total. The van der Waals surface area contributed by atoms with Crippen molar-refractivity contribution in [3.63, 3.8) is 0 Å². The highest BCUT2D eigenvalue weighted by molar-refractivity contribution is 5.95. The molecule has 0 aliphatic heterocycles. The number of rotatable bonds is 6. The van der Waals surface area contributed by atoms with Crippen molar-refractivity contribution < 1.29 is 19.1 Å². The molecule has 10 nitrogen and oxygen atoms in total. The molecule has 176 valence electrons. The highest BCUT2D eigenvalue weighted by Gasteiger charge is 2.31. The lowest BCUT2D eigenvalue weighted by Gasteiger charge is -2.32. The fourth-order valence-corrected chi connectivity index (χ4v) is 4.71. The minimum Gasteiger partial charge on any atom is -0.478 e. The zero-order valence-corrected chi connectivity index (χ0v) is 19.0. The summed E-state index contributed by atoms with van der Waals surface area (Å²) < 4.78 is 6.64. The highest BCUT2D eigenvalue weighted by Crippen LogP contribution is 2.37. The quantitative estimate of drug-likeness (QED) is 0.394. The third-order valence-electron chi connectivity index (χ3n) is 6.70. The van der Waals surface area contributed by atoms with Gasteiger partial charge in [0.05, 0.1) is 22.8 Å². The van der Waals surface area contributed by atoms with Crippen LogP contribution in [0.25, 0.3) is 22.4 Å². The molecule has 0 saturated heterocycles. The van der Waals surface area contributed by atoms with Crippen molar-refractivity contribution in [3.8, 4) is 11.3 Å². The van der Waals surface area contributed by atoms with Crippen molar-refractivity contribution in [2.45, 2.75) is 38.6 Å². The molecule has 4 aromatic rings.